The van der Waals surface area contributed by atoms with Crippen molar-refractivity contribution in [1.29, 1.82) is 0 Å². The second-order valence-corrected chi connectivity index (χ2v) is 8.27. The van der Waals surface area contributed by atoms with Crippen molar-refractivity contribution < 1.29 is 19.4 Å². The molecule has 1 aliphatic rings. The summed E-state index contributed by atoms with van der Waals surface area (Å²) in [4.78, 5) is 18.6. The van der Waals surface area contributed by atoms with E-state index in [9.17, 15) is 9.90 Å². The number of thiazole rings is 1. The van der Waals surface area contributed by atoms with Crippen molar-refractivity contribution in [1.82, 2.24) is 9.88 Å². The molecule has 0 saturated carbocycles. The van der Waals surface area contributed by atoms with Crippen molar-refractivity contribution >= 4 is 29.0 Å². The maximum atomic E-state index is 12.5. The van der Waals surface area contributed by atoms with Crippen LogP contribution in [-0.4, -0.2) is 45.1 Å². The molecular weight excluding hydrogens is 340 g/mol. The lowest BCUT2D eigenvalue weighted by molar-refractivity contribution is -0.0637. The Morgan fingerprint density at radius 2 is 2.30 bits per heavy atom. The van der Waals surface area contributed by atoms with E-state index in [4.69, 9.17) is 21.1 Å². The zero-order valence-electron chi connectivity index (χ0n) is 14.0. The Labute approximate surface area is 145 Å². The van der Waals surface area contributed by atoms with E-state index >= 15 is 0 Å². The van der Waals surface area contributed by atoms with Crippen molar-refractivity contribution in [3.63, 3.8) is 0 Å². The maximum absolute atomic E-state index is 12.5. The average Bonchev–Trinajstić information content (AvgIpc) is 2.91. The van der Waals surface area contributed by atoms with Gasteiger partial charge < -0.3 is 14.6 Å². The Morgan fingerprint density at radius 3 is 2.83 bits per heavy atom. The number of carbonyl (C=O) groups excluding carboxylic acids is 1. The van der Waals surface area contributed by atoms with Crippen LogP contribution in [0.15, 0.2) is 5.51 Å². The van der Waals surface area contributed by atoms with E-state index in [0.29, 0.717) is 23.1 Å². The summed E-state index contributed by atoms with van der Waals surface area (Å²) >= 11 is 7.26. The van der Waals surface area contributed by atoms with Gasteiger partial charge in [0, 0.05) is 6.42 Å². The molecular formula is C15H23ClN2O4S. The summed E-state index contributed by atoms with van der Waals surface area (Å²) in [6, 6.07) is -0.298. The second kappa shape index (κ2) is 6.55. The minimum absolute atomic E-state index is 0.296. The highest BCUT2D eigenvalue weighted by Crippen LogP contribution is 2.36. The van der Waals surface area contributed by atoms with E-state index in [1.807, 2.05) is 34.6 Å². The topological polar surface area (TPSA) is 71.9 Å². The minimum atomic E-state index is -0.803. The third-order valence-electron chi connectivity index (χ3n) is 3.51. The molecule has 0 aromatic carbocycles. The summed E-state index contributed by atoms with van der Waals surface area (Å²) in [5, 5.41) is 10.7. The van der Waals surface area contributed by atoms with Gasteiger partial charge in [0.05, 0.1) is 29.1 Å². The molecule has 1 fully saturated rings. The predicted molar refractivity (Wildman–Crippen MR) is 88.6 cm³/mol. The van der Waals surface area contributed by atoms with Crippen LogP contribution in [0.5, 0.6) is 0 Å². The number of hydrogen-bond donors (Lipinski definition) is 1. The standard InChI is InChI=1S/C15H23ClN2O4S/c1-14(2,3)22-13(20)18-9(7-21-15(18,4)5)6-10(19)11-12(16)17-8-23-11/h8-10,19H,6-7H2,1-5H3/t9?,10-/m1/s1. The highest BCUT2D eigenvalue weighted by atomic mass is 35.5. The monoisotopic (exact) mass is 362 g/mol. The van der Waals surface area contributed by atoms with Crippen molar-refractivity contribution in [2.24, 2.45) is 0 Å². The Morgan fingerprint density at radius 1 is 1.65 bits per heavy atom. The van der Waals surface area contributed by atoms with E-state index in [1.165, 1.54) is 11.3 Å². The summed E-state index contributed by atoms with van der Waals surface area (Å²) in [6.45, 7) is 9.40. The number of rotatable bonds is 3. The molecule has 0 spiro atoms. The zero-order chi connectivity index (χ0) is 17.4. The fourth-order valence-corrected chi connectivity index (χ4v) is 3.60. The molecule has 2 atom stereocenters. The number of ether oxygens (including phenoxy) is 2. The maximum Gasteiger partial charge on any atom is 0.412 e. The van der Waals surface area contributed by atoms with Crippen LogP contribution in [-0.2, 0) is 9.47 Å². The molecule has 1 aromatic rings. The summed E-state index contributed by atoms with van der Waals surface area (Å²) in [5.41, 5.74) is 0.200. The molecule has 1 amide bonds. The lowest BCUT2D eigenvalue weighted by atomic mass is 10.1. The first-order chi connectivity index (χ1) is 10.5. The average molecular weight is 363 g/mol. The molecule has 1 N–H and O–H groups in total. The lowest BCUT2D eigenvalue weighted by Crippen LogP contribution is -2.50. The van der Waals surface area contributed by atoms with Crippen LogP contribution in [0.25, 0.3) is 0 Å². The van der Waals surface area contributed by atoms with E-state index in [-0.39, 0.29) is 6.04 Å². The molecule has 8 heteroatoms. The second-order valence-electron chi connectivity index (χ2n) is 7.02. The van der Waals surface area contributed by atoms with Gasteiger partial charge in [0.2, 0.25) is 0 Å². The van der Waals surface area contributed by atoms with Crippen LogP contribution in [0, 0.1) is 0 Å². The summed E-state index contributed by atoms with van der Waals surface area (Å²) in [5.74, 6) is 0. The minimum Gasteiger partial charge on any atom is -0.444 e. The first-order valence-corrected chi connectivity index (χ1v) is 8.70. The van der Waals surface area contributed by atoms with Crippen molar-refractivity contribution in [3.05, 3.63) is 15.5 Å². The van der Waals surface area contributed by atoms with Gasteiger partial charge in [-0.05, 0) is 34.6 Å². The number of aliphatic hydroxyl groups is 1. The lowest BCUT2D eigenvalue weighted by Gasteiger charge is -2.35. The van der Waals surface area contributed by atoms with Crippen LogP contribution < -0.4 is 0 Å². The summed E-state index contributed by atoms with van der Waals surface area (Å²) < 4.78 is 11.2. The van der Waals surface area contributed by atoms with E-state index < -0.39 is 23.5 Å². The fraction of sp³-hybridized carbons (Fsp3) is 0.733. The van der Waals surface area contributed by atoms with Gasteiger partial charge in [0.1, 0.15) is 16.5 Å². The number of carbonyl (C=O) groups is 1. The molecule has 6 nitrogen and oxygen atoms in total. The van der Waals surface area contributed by atoms with Gasteiger partial charge in [-0.2, -0.15) is 0 Å². The molecule has 1 aromatic heterocycles. The van der Waals surface area contributed by atoms with Gasteiger partial charge in [-0.15, -0.1) is 11.3 Å². The van der Waals surface area contributed by atoms with Crippen LogP contribution in [0.1, 0.15) is 52.0 Å². The van der Waals surface area contributed by atoms with Crippen LogP contribution in [0.4, 0.5) is 4.79 Å². The fourth-order valence-electron chi connectivity index (χ4n) is 2.56. The Bertz CT molecular complexity index is 570. The Kier molecular flexibility index (Phi) is 5.25. The summed E-state index contributed by atoms with van der Waals surface area (Å²) in [6.07, 6.45) is -0.944. The SMILES string of the molecule is CC(C)(C)OC(=O)N1C(C[C@@H](O)c2scnc2Cl)COC1(C)C. The molecule has 2 heterocycles. The number of aliphatic hydroxyl groups excluding tert-OH is 1. The van der Waals surface area contributed by atoms with Crippen LogP contribution in [0.3, 0.4) is 0 Å². The molecule has 1 saturated heterocycles. The number of amides is 1. The van der Waals surface area contributed by atoms with Gasteiger partial charge in [0.15, 0.2) is 0 Å². The number of halogens is 1. The van der Waals surface area contributed by atoms with Gasteiger partial charge in [-0.1, -0.05) is 11.6 Å². The smallest absolute Gasteiger partial charge is 0.412 e. The third kappa shape index (κ3) is 4.35. The number of hydrogen-bond acceptors (Lipinski definition) is 6. The van der Waals surface area contributed by atoms with E-state index in [2.05, 4.69) is 4.98 Å². The largest absolute Gasteiger partial charge is 0.444 e. The molecule has 0 bridgehead atoms. The molecule has 1 aliphatic heterocycles. The normalized spacial score (nSPS) is 22.2. The van der Waals surface area contributed by atoms with E-state index in [0.717, 1.165) is 0 Å². The zero-order valence-corrected chi connectivity index (χ0v) is 15.6. The van der Waals surface area contributed by atoms with Gasteiger partial charge in [-0.3, -0.25) is 4.90 Å². The van der Waals surface area contributed by atoms with Crippen LogP contribution >= 0.6 is 22.9 Å². The van der Waals surface area contributed by atoms with Gasteiger partial charge in [-0.25, -0.2) is 9.78 Å². The molecule has 130 valence electrons. The predicted octanol–water partition coefficient (Wildman–Crippen LogP) is 3.59. The Hall–Kier alpha value is -0.890. The number of nitrogens with zero attached hydrogens (tertiary/aromatic N) is 2. The molecule has 1 unspecified atom stereocenters. The van der Waals surface area contributed by atoms with Gasteiger partial charge >= 0.3 is 6.09 Å². The van der Waals surface area contributed by atoms with Crippen molar-refractivity contribution in [2.75, 3.05) is 6.61 Å². The third-order valence-corrected chi connectivity index (χ3v) is 4.85. The van der Waals surface area contributed by atoms with Crippen molar-refractivity contribution in [2.45, 2.75) is 64.5 Å². The van der Waals surface area contributed by atoms with Gasteiger partial charge in [0.25, 0.3) is 0 Å². The Balaban J connectivity index is 2.14. The molecule has 23 heavy (non-hydrogen) atoms. The number of aromatic nitrogens is 1. The molecule has 0 aliphatic carbocycles. The first-order valence-electron chi connectivity index (χ1n) is 7.44. The quantitative estimate of drug-likeness (QED) is 0.889. The molecule has 0 radical (unpaired) electrons. The highest BCUT2D eigenvalue weighted by Gasteiger charge is 2.46. The summed E-state index contributed by atoms with van der Waals surface area (Å²) in [7, 11) is 0. The van der Waals surface area contributed by atoms with Crippen molar-refractivity contribution in [3.8, 4) is 0 Å². The molecule has 2 rings (SSSR count). The first kappa shape index (κ1) is 18.4. The highest BCUT2D eigenvalue weighted by molar-refractivity contribution is 7.10. The van der Waals surface area contributed by atoms with E-state index in [1.54, 1.807) is 10.4 Å². The van der Waals surface area contributed by atoms with Crippen LogP contribution in [0.2, 0.25) is 5.15 Å².